The van der Waals surface area contributed by atoms with Crippen molar-refractivity contribution in [2.75, 3.05) is 0 Å². The van der Waals surface area contributed by atoms with Gasteiger partial charge < -0.3 is 0 Å². The van der Waals surface area contributed by atoms with Gasteiger partial charge in [-0.05, 0) is 28.9 Å². The summed E-state index contributed by atoms with van der Waals surface area (Å²) in [5.41, 5.74) is 1.80. The summed E-state index contributed by atoms with van der Waals surface area (Å²) in [6.45, 7) is 1.97. The third kappa shape index (κ3) is 0.939. The van der Waals surface area contributed by atoms with Crippen molar-refractivity contribution in [2.45, 2.75) is 6.92 Å². The van der Waals surface area contributed by atoms with Gasteiger partial charge in [-0.1, -0.05) is 0 Å². The van der Waals surface area contributed by atoms with Crippen LogP contribution in [0, 0.1) is 6.92 Å². The van der Waals surface area contributed by atoms with Crippen molar-refractivity contribution in [3.8, 4) is 0 Å². The molecule has 0 amide bonds. The van der Waals surface area contributed by atoms with Crippen LogP contribution in [0.25, 0.3) is 11.0 Å². The van der Waals surface area contributed by atoms with Crippen LogP contribution in [0.3, 0.4) is 0 Å². The van der Waals surface area contributed by atoms with Crippen molar-refractivity contribution in [1.82, 2.24) is 15.2 Å². The van der Waals surface area contributed by atoms with Crippen LogP contribution in [0.15, 0.2) is 16.7 Å². The molecule has 0 spiro atoms. The Hall–Kier alpha value is -0.900. The molecule has 0 saturated heterocycles. The topological polar surface area (TPSA) is 41.6 Å². The number of H-pyrrole nitrogens is 1. The van der Waals surface area contributed by atoms with Gasteiger partial charge in [0.15, 0.2) is 5.65 Å². The van der Waals surface area contributed by atoms with Gasteiger partial charge >= 0.3 is 0 Å². The van der Waals surface area contributed by atoms with Gasteiger partial charge in [0.2, 0.25) is 0 Å². The van der Waals surface area contributed by atoms with Crippen LogP contribution < -0.4 is 0 Å². The first kappa shape index (κ1) is 6.79. The Morgan fingerprint density at radius 3 is 3.09 bits per heavy atom. The number of halogens is 1. The molecule has 3 nitrogen and oxygen atoms in total. The summed E-state index contributed by atoms with van der Waals surface area (Å²) in [6, 6.07) is 1.91. The van der Waals surface area contributed by atoms with Crippen LogP contribution in [0.1, 0.15) is 5.69 Å². The van der Waals surface area contributed by atoms with Crippen molar-refractivity contribution < 1.29 is 0 Å². The van der Waals surface area contributed by atoms with E-state index < -0.39 is 0 Å². The molecule has 1 N–H and O–H groups in total. The normalized spacial score (nSPS) is 10.7. The lowest BCUT2D eigenvalue weighted by atomic mass is 10.3. The Morgan fingerprint density at radius 2 is 2.36 bits per heavy atom. The number of nitrogens with one attached hydrogen (secondary N) is 1. The number of aromatic nitrogens is 3. The minimum absolute atomic E-state index is 0.761. The van der Waals surface area contributed by atoms with E-state index in [9.17, 15) is 0 Å². The van der Waals surface area contributed by atoms with Crippen molar-refractivity contribution in [3.05, 3.63) is 22.4 Å². The predicted molar refractivity (Wildman–Crippen MR) is 46.3 cm³/mol. The van der Waals surface area contributed by atoms with Crippen LogP contribution in [0.2, 0.25) is 0 Å². The van der Waals surface area contributed by atoms with E-state index in [-0.39, 0.29) is 0 Å². The first-order valence-electron chi connectivity index (χ1n) is 3.24. The molecule has 0 bridgehead atoms. The Labute approximate surface area is 72.0 Å². The van der Waals surface area contributed by atoms with Crippen molar-refractivity contribution >= 4 is 27.0 Å². The number of hydrogen-bond donors (Lipinski definition) is 1. The van der Waals surface area contributed by atoms with Crippen LogP contribution in [-0.4, -0.2) is 15.2 Å². The fourth-order valence-corrected chi connectivity index (χ4v) is 1.65. The Bertz CT molecular complexity index is 393. The lowest BCUT2D eigenvalue weighted by Crippen LogP contribution is -1.75. The van der Waals surface area contributed by atoms with Gasteiger partial charge in [0.25, 0.3) is 0 Å². The van der Waals surface area contributed by atoms with Gasteiger partial charge in [0, 0.05) is 16.4 Å². The zero-order chi connectivity index (χ0) is 7.84. The van der Waals surface area contributed by atoms with Gasteiger partial charge in [-0.2, -0.15) is 5.10 Å². The number of rotatable bonds is 0. The van der Waals surface area contributed by atoms with Gasteiger partial charge in [-0.25, -0.2) is 4.98 Å². The zero-order valence-electron chi connectivity index (χ0n) is 5.93. The van der Waals surface area contributed by atoms with E-state index >= 15 is 0 Å². The molecule has 0 fully saturated rings. The average Bonchev–Trinajstić information content (AvgIpc) is 2.34. The first-order valence-corrected chi connectivity index (χ1v) is 4.03. The van der Waals surface area contributed by atoms with E-state index in [1.54, 1.807) is 6.20 Å². The molecule has 2 aromatic rings. The molecule has 0 aliphatic heterocycles. The molecule has 4 heteroatoms. The molecule has 11 heavy (non-hydrogen) atoms. The van der Waals surface area contributed by atoms with Gasteiger partial charge in [0.1, 0.15) is 0 Å². The fraction of sp³-hybridized carbons (Fsp3) is 0.143. The maximum atomic E-state index is 4.09. The second kappa shape index (κ2) is 2.30. The van der Waals surface area contributed by atoms with E-state index in [0.29, 0.717) is 0 Å². The summed E-state index contributed by atoms with van der Waals surface area (Å²) in [7, 11) is 0. The first-order chi connectivity index (χ1) is 5.29. The largest absolute Gasteiger partial charge is 0.280 e. The molecule has 2 rings (SSSR count). The molecule has 0 radical (unpaired) electrons. The molecule has 2 aromatic heterocycles. The third-order valence-electron chi connectivity index (χ3n) is 1.58. The molecule has 56 valence electrons. The van der Waals surface area contributed by atoms with E-state index in [4.69, 9.17) is 0 Å². The maximum Gasteiger partial charge on any atom is 0.182 e. The average molecular weight is 212 g/mol. The molecule has 0 unspecified atom stereocenters. The Balaban J connectivity index is 2.96. The molecule has 0 atom stereocenters. The Morgan fingerprint density at radius 1 is 1.55 bits per heavy atom. The predicted octanol–water partition coefficient (Wildman–Crippen LogP) is 2.03. The SMILES string of the molecule is Cc1[nH]nc2nccc(Br)c12. The van der Waals surface area contributed by atoms with Crippen LogP contribution in [0.5, 0.6) is 0 Å². The van der Waals surface area contributed by atoms with Gasteiger partial charge in [-0.15, -0.1) is 0 Å². The van der Waals surface area contributed by atoms with E-state index in [2.05, 4.69) is 31.1 Å². The zero-order valence-corrected chi connectivity index (χ0v) is 7.51. The summed E-state index contributed by atoms with van der Waals surface area (Å²) in [6.07, 6.45) is 1.73. The molecule has 0 aromatic carbocycles. The molecule has 2 heterocycles. The number of pyridine rings is 1. The summed E-state index contributed by atoms with van der Waals surface area (Å²) in [5.74, 6) is 0. The minimum atomic E-state index is 0.761. The minimum Gasteiger partial charge on any atom is -0.280 e. The smallest absolute Gasteiger partial charge is 0.182 e. The van der Waals surface area contributed by atoms with Crippen LogP contribution >= 0.6 is 15.9 Å². The number of fused-ring (bicyclic) bond motifs is 1. The highest BCUT2D eigenvalue weighted by atomic mass is 79.9. The molecule has 0 saturated carbocycles. The highest BCUT2D eigenvalue weighted by Gasteiger charge is 2.04. The quantitative estimate of drug-likeness (QED) is 0.725. The van der Waals surface area contributed by atoms with Crippen LogP contribution in [0.4, 0.5) is 0 Å². The summed E-state index contributed by atoms with van der Waals surface area (Å²) < 4.78 is 1.04. The second-order valence-electron chi connectivity index (χ2n) is 2.34. The summed E-state index contributed by atoms with van der Waals surface area (Å²) in [4.78, 5) is 4.09. The molecular formula is C7H6BrN3. The van der Waals surface area contributed by atoms with Crippen molar-refractivity contribution in [3.63, 3.8) is 0 Å². The van der Waals surface area contributed by atoms with Crippen molar-refractivity contribution in [2.24, 2.45) is 0 Å². The maximum absolute atomic E-state index is 4.09. The molecule has 0 aliphatic rings. The summed E-state index contributed by atoms with van der Waals surface area (Å²) in [5, 5.41) is 7.95. The van der Waals surface area contributed by atoms with Crippen molar-refractivity contribution in [1.29, 1.82) is 0 Å². The Kier molecular flexibility index (Phi) is 1.42. The van der Waals surface area contributed by atoms with Gasteiger partial charge in [-0.3, -0.25) is 5.10 Å². The molecule has 0 aliphatic carbocycles. The number of aromatic amines is 1. The highest BCUT2D eigenvalue weighted by molar-refractivity contribution is 9.10. The number of aryl methyl sites for hydroxylation is 1. The lowest BCUT2D eigenvalue weighted by Gasteiger charge is -1.90. The standard InChI is InChI=1S/C7H6BrN3/c1-4-6-5(8)2-3-9-7(6)11-10-4/h2-3H,1H3,(H,9,10,11). The van der Waals surface area contributed by atoms with E-state index in [0.717, 1.165) is 21.2 Å². The van der Waals surface area contributed by atoms with E-state index in [1.807, 2.05) is 13.0 Å². The fourth-order valence-electron chi connectivity index (χ4n) is 1.05. The monoisotopic (exact) mass is 211 g/mol. The second-order valence-corrected chi connectivity index (χ2v) is 3.19. The number of hydrogen-bond acceptors (Lipinski definition) is 2. The number of nitrogens with zero attached hydrogens (tertiary/aromatic N) is 2. The van der Waals surface area contributed by atoms with E-state index in [1.165, 1.54) is 0 Å². The summed E-state index contributed by atoms with van der Waals surface area (Å²) >= 11 is 3.43. The lowest BCUT2D eigenvalue weighted by molar-refractivity contribution is 1.05. The third-order valence-corrected chi connectivity index (χ3v) is 2.25. The molecular weight excluding hydrogens is 206 g/mol. The van der Waals surface area contributed by atoms with Gasteiger partial charge in [0.05, 0.1) is 5.39 Å². The van der Waals surface area contributed by atoms with Crippen LogP contribution in [-0.2, 0) is 0 Å². The highest BCUT2D eigenvalue weighted by Crippen LogP contribution is 2.22.